The normalized spacial score (nSPS) is 15.1. The highest BCUT2D eigenvalue weighted by atomic mass is 19.1. The Morgan fingerprint density at radius 3 is 2.59 bits per heavy atom. The van der Waals surface area contributed by atoms with E-state index < -0.39 is 11.6 Å². The standard InChI is InChI=1S/C20H21F2N3O2/c1-13(17-9-4-14(21)11-18(17)22)23-12-19(26)24-15-5-7-16(8-6-15)25-10-2-3-20(25)27/h4-9,11,13,23H,2-3,10,12H2,1H3,(H,24,26)/p+1/t13-/m1/s1. The minimum Gasteiger partial charge on any atom is -0.332 e. The summed E-state index contributed by atoms with van der Waals surface area (Å²) in [5.41, 5.74) is 1.80. The van der Waals surface area contributed by atoms with E-state index in [0.29, 0.717) is 17.7 Å². The van der Waals surface area contributed by atoms with E-state index in [0.717, 1.165) is 24.7 Å². The lowest BCUT2D eigenvalue weighted by atomic mass is 10.1. The number of carbonyl (C=O) groups is 2. The van der Waals surface area contributed by atoms with Gasteiger partial charge in [-0.2, -0.15) is 0 Å². The molecule has 5 nitrogen and oxygen atoms in total. The molecule has 2 aromatic rings. The highest BCUT2D eigenvalue weighted by molar-refractivity contribution is 5.96. The summed E-state index contributed by atoms with van der Waals surface area (Å²) >= 11 is 0. The fraction of sp³-hybridized carbons (Fsp3) is 0.300. The molecule has 0 aromatic heterocycles. The molecule has 0 saturated carbocycles. The van der Waals surface area contributed by atoms with Gasteiger partial charge in [-0.25, -0.2) is 8.78 Å². The molecule has 0 spiro atoms. The Morgan fingerprint density at radius 2 is 1.96 bits per heavy atom. The topological polar surface area (TPSA) is 66.0 Å². The molecule has 0 unspecified atom stereocenters. The van der Waals surface area contributed by atoms with Gasteiger partial charge in [0.2, 0.25) is 5.91 Å². The summed E-state index contributed by atoms with van der Waals surface area (Å²) in [7, 11) is 0. The van der Waals surface area contributed by atoms with Crippen LogP contribution in [0.3, 0.4) is 0 Å². The van der Waals surface area contributed by atoms with Crippen LogP contribution in [0.4, 0.5) is 20.2 Å². The Labute approximate surface area is 156 Å². The summed E-state index contributed by atoms with van der Waals surface area (Å²) in [5.74, 6) is -1.36. The highest BCUT2D eigenvalue weighted by Crippen LogP contribution is 2.23. The molecule has 2 aromatic carbocycles. The molecule has 1 aliphatic heterocycles. The van der Waals surface area contributed by atoms with Crippen LogP contribution >= 0.6 is 0 Å². The molecular formula is C20H22F2N3O2+. The summed E-state index contributed by atoms with van der Waals surface area (Å²) < 4.78 is 26.8. The zero-order valence-corrected chi connectivity index (χ0v) is 15.0. The molecule has 3 rings (SSSR count). The molecule has 0 radical (unpaired) electrons. The first-order chi connectivity index (χ1) is 12.9. The quantitative estimate of drug-likeness (QED) is 0.815. The van der Waals surface area contributed by atoms with E-state index >= 15 is 0 Å². The third-order valence-electron chi connectivity index (χ3n) is 4.65. The lowest BCUT2D eigenvalue weighted by molar-refractivity contribution is -0.682. The SMILES string of the molecule is C[C@@H]([NH2+]CC(=O)Nc1ccc(N2CCCC2=O)cc1)c1ccc(F)cc1F. The smallest absolute Gasteiger partial charge is 0.279 e. The van der Waals surface area contributed by atoms with Gasteiger partial charge in [-0.05, 0) is 49.7 Å². The number of nitrogens with zero attached hydrogens (tertiary/aromatic N) is 1. The molecular weight excluding hydrogens is 352 g/mol. The summed E-state index contributed by atoms with van der Waals surface area (Å²) in [6.45, 7) is 2.58. The van der Waals surface area contributed by atoms with E-state index in [-0.39, 0.29) is 24.4 Å². The number of carbonyl (C=O) groups excluding carboxylic acids is 2. The molecule has 7 heteroatoms. The fourth-order valence-corrected chi connectivity index (χ4v) is 3.14. The van der Waals surface area contributed by atoms with Crippen molar-refractivity contribution in [2.24, 2.45) is 0 Å². The predicted octanol–water partition coefficient (Wildman–Crippen LogP) is 2.35. The first-order valence-electron chi connectivity index (χ1n) is 8.92. The van der Waals surface area contributed by atoms with E-state index in [1.54, 1.807) is 41.4 Å². The third-order valence-corrected chi connectivity index (χ3v) is 4.65. The van der Waals surface area contributed by atoms with Crippen molar-refractivity contribution < 1.29 is 23.7 Å². The monoisotopic (exact) mass is 374 g/mol. The Morgan fingerprint density at radius 1 is 1.22 bits per heavy atom. The molecule has 1 aliphatic rings. The largest absolute Gasteiger partial charge is 0.332 e. The molecule has 1 saturated heterocycles. The number of benzene rings is 2. The molecule has 1 heterocycles. The van der Waals surface area contributed by atoms with Crippen molar-refractivity contribution in [1.29, 1.82) is 0 Å². The molecule has 0 bridgehead atoms. The number of anilines is 2. The van der Waals surface area contributed by atoms with Gasteiger partial charge in [-0.3, -0.25) is 9.59 Å². The number of rotatable bonds is 6. The van der Waals surface area contributed by atoms with Crippen LogP contribution in [-0.2, 0) is 9.59 Å². The van der Waals surface area contributed by atoms with E-state index in [1.807, 2.05) is 0 Å². The van der Waals surface area contributed by atoms with Crippen molar-refractivity contribution in [1.82, 2.24) is 0 Å². The Hall–Kier alpha value is -2.80. The summed E-state index contributed by atoms with van der Waals surface area (Å²) in [6.07, 6.45) is 1.43. The molecule has 27 heavy (non-hydrogen) atoms. The van der Waals surface area contributed by atoms with Gasteiger partial charge in [0.25, 0.3) is 5.91 Å². The minimum atomic E-state index is -0.625. The van der Waals surface area contributed by atoms with Gasteiger partial charge in [-0.1, -0.05) is 0 Å². The number of halogens is 2. The Balaban J connectivity index is 1.52. The van der Waals surface area contributed by atoms with Crippen LogP contribution in [0.1, 0.15) is 31.4 Å². The lowest BCUT2D eigenvalue weighted by Crippen LogP contribution is -2.86. The van der Waals surface area contributed by atoms with Crippen LogP contribution < -0.4 is 15.5 Å². The maximum absolute atomic E-state index is 13.8. The number of quaternary nitrogens is 1. The maximum atomic E-state index is 13.8. The maximum Gasteiger partial charge on any atom is 0.279 e. The van der Waals surface area contributed by atoms with Crippen molar-refractivity contribution in [3.8, 4) is 0 Å². The first kappa shape index (κ1) is 19.0. The number of hydrogen-bond acceptors (Lipinski definition) is 2. The third kappa shape index (κ3) is 4.68. The van der Waals surface area contributed by atoms with Gasteiger partial charge >= 0.3 is 0 Å². The van der Waals surface area contributed by atoms with Crippen LogP contribution in [-0.4, -0.2) is 24.9 Å². The molecule has 1 atom stereocenters. The second kappa shape index (κ2) is 8.26. The van der Waals surface area contributed by atoms with Crippen molar-refractivity contribution in [2.45, 2.75) is 25.8 Å². The molecule has 3 N–H and O–H groups in total. The van der Waals surface area contributed by atoms with Gasteiger partial charge < -0.3 is 15.5 Å². The van der Waals surface area contributed by atoms with Crippen LogP contribution in [0.25, 0.3) is 0 Å². The fourth-order valence-electron chi connectivity index (χ4n) is 3.14. The Bertz CT molecular complexity index is 840. The van der Waals surface area contributed by atoms with Gasteiger partial charge in [-0.15, -0.1) is 0 Å². The zero-order chi connectivity index (χ0) is 19.4. The van der Waals surface area contributed by atoms with Crippen molar-refractivity contribution in [2.75, 3.05) is 23.3 Å². The molecule has 1 fully saturated rings. The van der Waals surface area contributed by atoms with E-state index in [4.69, 9.17) is 0 Å². The molecule has 142 valence electrons. The number of nitrogens with two attached hydrogens (primary N) is 1. The summed E-state index contributed by atoms with van der Waals surface area (Å²) in [4.78, 5) is 25.6. The zero-order valence-electron chi connectivity index (χ0n) is 15.0. The van der Waals surface area contributed by atoms with Crippen LogP contribution in [0.5, 0.6) is 0 Å². The first-order valence-corrected chi connectivity index (χ1v) is 8.92. The van der Waals surface area contributed by atoms with Crippen molar-refractivity contribution in [3.05, 3.63) is 59.7 Å². The predicted molar refractivity (Wildman–Crippen MR) is 98.2 cm³/mol. The van der Waals surface area contributed by atoms with E-state index in [9.17, 15) is 18.4 Å². The minimum absolute atomic E-state index is 0.102. The van der Waals surface area contributed by atoms with Gasteiger partial charge in [0.1, 0.15) is 17.7 Å². The van der Waals surface area contributed by atoms with Gasteiger partial charge in [0, 0.05) is 36.0 Å². The number of hydrogen-bond donors (Lipinski definition) is 2. The van der Waals surface area contributed by atoms with E-state index in [2.05, 4.69) is 5.32 Å². The Kier molecular flexibility index (Phi) is 5.81. The summed E-state index contributed by atoms with van der Waals surface area (Å²) in [6, 6.07) is 10.2. The summed E-state index contributed by atoms with van der Waals surface area (Å²) in [5, 5.41) is 4.46. The second-order valence-corrected chi connectivity index (χ2v) is 6.64. The van der Waals surface area contributed by atoms with Crippen LogP contribution in [0.2, 0.25) is 0 Å². The van der Waals surface area contributed by atoms with Crippen molar-refractivity contribution in [3.63, 3.8) is 0 Å². The highest BCUT2D eigenvalue weighted by Gasteiger charge is 2.21. The van der Waals surface area contributed by atoms with Gasteiger partial charge in [0.15, 0.2) is 6.54 Å². The van der Waals surface area contributed by atoms with Crippen LogP contribution in [0, 0.1) is 11.6 Å². The average Bonchev–Trinajstić information content (AvgIpc) is 3.06. The van der Waals surface area contributed by atoms with Gasteiger partial charge in [0.05, 0.1) is 0 Å². The average molecular weight is 374 g/mol. The van der Waals surface area contributed by atoms with E-state index in [1.165, 1.54) is 12.1 Å². The number of amides is 2. The lowest BCUT2D eigenvalue weighted by Gasteiger charge is -2.16. The number of nitrogens with one attached hydrogen (secondary N) is 1. The molecule has 0 aliphatic carbocycles. The van der Waals surface area contributed by atoms with Crippen molar-refractivity contribution >= 4 is 23.2 Å². The van der Waals surface area contributed by atoms with Crippen LogP contribution in [0.15, 0.2) is 42.5 Å². The second-order valence-electron chi connectivity index (χ2n) is 6.64. The molecule has 2 amide bonds.